The summed E-state index contributed by atoms with van der Waals surface area (Å²) < 4.78 is 10.8. The molecule has 1 aromatic carbocycles. The summed E-state index contributed by atoms with van der Waals surface area (Å²) in [6.45, 7) is 7.42. The minimum atomic E-state index is -1.07. The second-order valence-electron chi connectivity index (χ2n) is 9.27. The molecular formula is C24H30N2O6. The van der Waals surface area contributed by atoms with Crippen molar-refractivity contribution in [3.05, 3.63) is 35.5 Å². The number of aliphatic carboxylic acids is 1. The first-order valence-corrected chi connectivity index (χ1v) is 10.7. The SMILES string of the molecule is CC1CC(=O)C(C(=O)O)N1.COc1ccc2cc(C(=O)OC(C)(C)C)c(C3CC3)nc2c1. The van der Waals surface area contributed by atoms with Crippen LogP contribution in [0.2, 0.25) is 0 Å². The zero-order valence-electron chi connectivity index (χ0n) is 19.1. The van der Waals surface area contributed by atoms with Crippen molar-refractivity contribution in [1.82, 2.24) is 10.3 Å². The molecule has 1 saturated heterocycles. The Morgan fingerprint density at radius 1 is 1.19 bits per heavy atom. The lowest BCUT2D eigenvalue weighted by molar-refractivity contribution is -0.142. The van der Waals surface area contributed by atoms with Gasteiger partial charge in [0, 0.05) is 29.8 Å². The van der Waals surface area contributed by atoms with Gasteiger partial charge in [0.2, 0.25) is 0 Å². The second-order valence-corrected chi connectivity index (χ2v) is 9.27. The number of fused-ring (bicyclic) bond motifs is 1. The van der Waals surface area contributed by atoms with E-state index in [0.29, 0.717) is 17.9 Å². The summed E-state index contributed by atoms with van der Waals surface area (Å²) in [4.78, 5) is 38.3. The second kappa shape index (κ2) is 9.24. The molecule has 2 aromatic rings. The molecule has 2 atom stereocenters. The van der Waals surface area contributed by atoms with Crippen LogP contribution in [0.25, 0.3) is 10.9 Å². The van der Waals surface area contributed by atoms with Gasteiger partial charge < -0.3 is 14.6 Å². The van der Waals surface area contributed by atoms with Gasteiger partial charge in [-0.1, -0.05) is 0 Å². The zero-order chi connectivity index (χ0) is 23.6. The number of carbonyl (C=O) groups is 3. The van der Waals surface area contributed by atoms with Gasteiger partial charge >= 0.3 is 11.9 Å². The fourth-order valence-electron chi connectivity index (χ4n) is 3.52. The molecular weight excluding hydrogens is 412 g/mol. The smallest absolute Gasteiger partial charge is 0.340 e. The predicted octanol–water partition coefficient (Wildman–Crippen LogP) is 3.47. The highest BCUT2D eigenvalue weighted by Crippen LogP contribution is 2.42. The molecule has 172 valence electrons. The lowest BCUT2D eigenvalue weighted by Crippen LogP contribution is -2.37. The van der Waals surface area contributed by atoms with E-state index in [-0.39, 0.29) is 17.8 Å². The minimum Gasteiger partial charge on any atom is -0.497 e. The van der Waals surface area contributed by atoms with E-state index in [0.717, 1.165) is 35.2 Å². The van der Waals surface area contributed by atoms with Gasteiger partial charge in [-0.3, -0.25) is 19.9 Å². The molecule has 2 N–H and O–H groups in total. The van der Waals surface area contributed by atoms with Crippen molar-refractivity contribution < 1.29 is 29.0 Å². The molecule has 8 nitrogen and oxygen atoms in total. The summed E-state index contributed by atoms with van der Waals surface area (Å²) in [6.07, 6.45) is 2.49. The van der Waals surface area contributed by atoms with Crippen LogP contribution in [0.4, 0.5) is 0 Å². The number of Topliss-reactive ketones (excluding diaryl/α,β-unsaturated/α-hetero) is 1. The van der Waals surface area contributed by atoms with Crippen molar-refractivity contribution in [2.75, 3.05) is 7.11 Å². The summed E-state index contributed by atoms with van der Waals surface area (Å²) >= 11 is 0. The fraction of sp³-hybridized carbons (Fsp3) is 0.500. The Kier molecular flexibility index (Phi) is 6.83. The molecule has 32 heavy (non-hydrogen) atoms. The van der Waals surface area contributed by atoms with E-state index < -0.39 is 17.6 Å². The number of ether oxygens (including phenoxy) is 2. The van der Waals surface area contributed by atoms with E-state index in [1.807, 2.05) is 45.0 Å². The van der Waals surface area contributed by atoms with Crippen LogP contribution in [-0.4, -0.2) is 52.6 Å². The Labute approximate surface area is 187 Å². The number of aromatic nitrogens is 1. The number of methoxy groups -OCH3 is 1. The average molecular weight is 443 g/mol. The number of carbonyl (C=O) groups excluding carboxylic acids is 2. The summed E-state index contributed by atoms with van der Waals surface area (Å²) in [6, 6.07) is 6.64. The third kappa shape index (κ3) is 5.82. The standard InChI is InChI=1S/C18H21NO3.C6H9NO3/c1-18(2,3)22-17(20)14-9-12-7-8-13(21-4)10-15(12)19-16(14)11-5-6-11;1-3-2-4(8)5(7-3)6(9)10/h7-11H,5-6H2,1-4H3;3,5,7H,2H2,1H3,(H,9,10). The maximum absolute atomic E-state index is 12.5. The molecule has 2 unspecified atom stereocenters. The van der Waals surface area contributed by atoms with Gasteiger partial charge in [-0.05, 0) is 58.7 Å². The van der Waals surface area contributed by atoms with Crippen molar-refractivity contribution in [1.29, 1.82) is 0 Å². The van der Waals surface area contributed by atoms with Crippen LogP contribution in [0.15, 0.2) is 24.3 Å². The van der Waals surface area contributed by atoms with Gasteiger partial charge in [0.25, 0.3) is 0 Å². The third-order valence-corrected chi connectivity index (χ3v) is 5.16. The number of rotatable bonds is 4. The topological polar surface area (TPSA) is 115 Å². The van der Waals surface area contributed by atoms with E-state index in [4.69, 9.17) is 19.6 Å². The van der Waals surface area contributed by atoms with E-state index in [2.05, 4.69) is 5.32 Å². The normalized spacial score (nSPS) is 20.5. The Hall–Kier alpha value is -3.00. The van der Waals surface area contributed by atoms with Gasteiger partial charge in [0.15, 0.2) is 11.8 Å². The zero-order valence-corrected chi connectivity index (χ0v) is 19.1. The fourth-order valence-corrected chi connectivity index (χ4v) is 3.52. The summed E-state index contributed by atoms with van der Waals surface area (Å²) in [5, 5.41) is 12.0. The molecule has 0 bridgehead atoms. The Morgan fingerprint density at radius 3 is 2.34 bits per heavy atom. The summed E-state index contributed by atoms with van der Waals surface area (Å²) in [7, 11) is 1.64. The number of hydrogen-bond acceptors (Lipinski definition) is 7. The predicted molar refractivity (Wildman–Crippen MR) is 119 cm³/mol. The van der Waals surface area contributed by atoms with E-state index in [1.54, 1.807) is 14.0 Å². The van der Waals surface area contributed by atoms with Gasteiger partial charge in [0.1, 0.15) is 11.4 Å². The summed E-state index contributed by atoms with van der Waals surface area (Å²) in [5.41, 5.74) is 1.80. The molecule has 1 saturated carbocycles. The quantitative estimate of drug-likeness (QED) is 0.546. The first kappa shape index (κ1) is 23.7. The van der Waals surface area contributed by atoms with Crippen LogP contribution < -0.4 is 10.1 Å². The molecule has 1 aliphatic heterocycles. The van der Waals surface area contributed by atoms with E-state index in [9.17, 15) is 14.4 Å². The number of ketones is 1. The number of nitrogens with zero attached hydrogens (tertiary/aromatic N) is 1. The Balaban J connectivity index is 0.000000243. The van der Waals surface area contributed by atoms with Crippen LogP contribution in [0.5, 0.6) is 5.75 Å². The molecule has 2 heterocycles. The highest BCUT2D eigenvalue weighted by atomic mass is 16.6. The first-order chi connectivity index (χ1) is 15.0. The highest BCUT2D eigenvalue weighted by molar-refractivity contribution is 6.04. The van der Waals surface area contributed by atoms with Crippen LogP contribution in [-0.2, 0) is 14.3 Å². The van der Waals surface area contributed by atoms with Gasteiger partial charge in [-0.15, -0.1) is 0 Å². The van der Waals surface area contributed by atoms with E-state index in [1.165, 1.54) is 0 Å². The number of hydrogen-bond donors (Lipinski definition) is 2. The number of nitrogens with one attached hydrogen (secondary N) is 1. The van der Waals surface area contributed by atoms with Crippen LogP contribution in [0.3, 0.4) is 0 Å². The van der Waals surface area contributed by atoms with Gasteiger partial charge in [-0.2, -0.15) is 0 Å². The maximum atomic E-state index is 12.5. The third-order valence-electron chi connectivity index (χ3n) is 5.16. The average Bonchev–Trinajstić information content (AvgIpc) is 3.49. The number of carboxylic acid groups (broad SMARTS) is 1. The van der Waals surface area contributed by atoms with Gasteiger partial charge in [-0.25, -0.2) is 4.79 Å². The number of benzene rings is 1. The molecule has 1 aromatic heterocycles. The lowest BCUT2D eigenvalue weighted by atomic mass is 10.1. The number of carboxylic acids is 1. The number of esters is 1. The van der Waals surface area contributed by atoms with E-state index >= 15 is 0 Å². The Bertz CT molecular complexity index is 1040. The van der Waals surface area contributed by atoms with Crippen molar-refractivity contribution in [2.45, 2.75) is 70.6 Å². The Morgan fingerprint density at radius 2 is 1.88 bits per heavy atom. The molecule has 8 heteroatoms. The largest absolute Gasteiger partial charge is 0.497 e. The molecule has 2 fully saturated rings. The molecule has 0 radical (unpaired) electrons. The monoisotopic (exact) mass is 442 g/mol. The van der Waals surface area contributed by atoms with Crippen LogP contribution in [0, 0.1) is 0 Å². The maximum Gasteiger partial charge on any atom is 0.340 e. The van der Waals surface area contributed by atoms with Gasteiger partial charge in [0.05, 0.1) is 23.9 Å². The highest BCUT2D eigenvalue weighted by Gasteiger charge is 2.34. The first-order valence-electron chi connectivity index (χ1n) is 10.7. The molecule has 2 aliphatic rings. The molecule has 0 amide bonds. The summed E-state index contributed by atoms with van der Waals surface area (Å²) in [5.74, 6) is -0.446. The van der Waals surface area contributed by atoms with Crippen molar-refractivity contribution in [3.8, 4) is 5.75 Å². The van der Waals surface area contributed by atoms with Crippen LogP contribution in [0.1, 0.15) is 68.9 Å². The van der Waals surface area contributed by atoms with Crippen LogP contribution >= 0.6 is 0 Å². The molecule has 4 rings (SSSR count). The minimum absolute atomic E-state index is 0.00796. The lowest BCUT2D eigenvalue weighted by Gasteiger charge is -2.20. The van der Waals surface area contributed by atoms with Crippen molar-refractivity contribution in [3.63, 3.8) is 0 Å². The van der Waals surface area contributed by atoms with Crippen molar-refractivity contribution in [2.24, 2.45) is 0 Å². The van der Waals surface area contributed by atoms with Crippen molar-refractivity contribution >= 4 is 28.6 Å². The number of pyridine rings is 1. The molecule has 1 aliphatic carbocycles. The molecule has 0 spiro atoms.